The van der Waals surface area contributed by atoms with Crippen molar-refractivity contribution in [1.82, 2.24) is 4.98 Å². The second-order valence-electron chi connectivity index (χ2n) is 2.67. The molecule has 74 valence electrons. The van der Waals surface area contributed by atoms with Gasteiger partial charge in [0.15, 0.2) is 0 Å². The molecule has 1 aromatic heterocycles. The van der Waals surface area contributed by atoms with Gasteiger partial charge in [0.05, 0.1) is 7.11 Å². The maximum atomic E-state index is 12.6. The monoisotopic (exact) mass is 195 g/mol. The van der Waals surface area contributed by atoms with Crippen LogP contribution in [0.3, 0.4) is 0 Å². The van der Waals surface area contributed by atoms with Gasteiger partial charge in [-0.05, 0) is 30.7 Å². The highest BCUT2D eigenvalue weighted by molar-refractivity contribution is 5.87. The lowest BCUT2D eigenvalue weighted by Crippen LogP contribution is -1.95. The minimum Gasteiger partial charge on any atom is -0.466 e. The van der Waals surface area contributed by atoms with Crippen LogP contribution in [0, 0.1) is 12.9 Å². The molecule has 0 radical (unpaired) electrons. The van der Waals surface area contributed by atoms with E-state index in [9.17, 15) is 9.18 Å². The maximum Gasteiger partial charge on any atom is 0.330 e. The summed E-state index contributed by atoms with van der Waals surface area (Å²) in [5.74, 6) is -0.980. The van der Waals surface area contributed by atoms with Gasteiger partial charge in [0.1, 0.15) is 0 Å². The molecule has 1 aromatic rings. The fourth-order valence-electron chi connectivity index (χ4n) is 0.943. The van der Waals surface area contributed by atoms with Crippen LogP contribution in [0.1, 0.15) is 11.3 Å². The molecule has 0 saturated heterocycles. The van der Waals surface area contributed by atoms with E-state index in [1.807, 2.05) is 0 Å². The molecule has 0 aromatic carbocycles. The molecule has 0 aliphatic rings. The molecule has 4 heteroatoms. The standard InChI is InChI=1S/C10H10FNO2/c1-7-8(3-5-9(11)12-7)4-6-10(13)14-2/h3-6H,1-2H3. The van der Waals surface area contributed by atoms with Crippen molar-refractivity contribution in [2.75, 3.05) is 7.11 Å². The molecule has 0 unspecified atom stereocenters. The van der Waals surface area contributed by atoms with Crippen LogP contribution in [0.5, 0.6) is 0 Å². The quantitative estimate of drug-likeness (QED) is 0.409. The number of ether oxygens (including phenoxy) is 1. The molecule has 14 heavy (non-hydrogen) atoms. The SMILES string of the molecule is COC(=O)C=Cc1ccc(F)nc1C. The second-order valence-corrected chi connectivity index (χ2v) is 2.67. The predicted octanol–water partition coefficient (Wildman–Crippen LogP) is 1.72. The molecule has 3 nitrogen and oxygen atoms in total. The third-order valence-electron chi connectivity index (χ3n) is 1.69. The first-order valence-corrected chi connectivity index (χ1v) is 4.02. The Morgan fingerprint density at radius 1 is 1.57 bits per heavy atom. The van der Waals surface area contributed by atoms with E-state index in [-0.39, 0.29) is 0 Å². The molecular formula is C10H10FNO2. The number of carbonyl (C=O) groups excluding carboxylic acids is 1. The molecule has 0 amide bonds. The van der Waals surface area contributed by atoms with Gasteiger partial charge in [-0.2, -0.15) is 4.39 Å². The van der Waals surface area contributed by atoms with Crippen LogP contribution >= 0.6 is 0 Å². The average Bonchev–Trinajstić information content (AvgIpc) is 2.16. The highest BCUT2D eigenvalue weighted by Crippen LogP contribution is 2.07. The maximum absolute atomic E-state index is 12.6. The summed E-state index contributed by atoms with van der Waals surface area (Å²) >= 11 is 0. The number of hydrogen-bond donors (Lipinski definition) is 0. The highest BCUT2D eigenvalue weighted by Gasteiger charge is 1.98. The van der Waals surface area contributed by atoms with Crippen LogP contribution in [0.15, 0.2) is 18.2 Å². The van der Waals surface area contributed by atoms with Crippen molar-refractivity contribution in [1.29, 1.82) is 0 Å². The van der Waals surface area contributed by atoms with Crippen LogP contribution in [0.2, 0.25) is 0 Å². The fourth-order valence-corrected chi connectivity index (χ4v) is 0.943. The van der Waals surface area contributed by atoms with Gasteiger partial charge < -0.3 is 4.74 Å². The van der Waals surface area contributed by atoms with Gasteiger partial charge in [-0.15, -0.1) is 0 Å². The number of aromatic nitrogens is 1. The Labute approximate surface area is 81.2 Å². The third kappa shape index (κ3) is 2.65. The average molecular weight is 195 g/mol. The minimum absolute atomic E-state index is 0.450. The van der Waals surface area contributed by atoms with Crippen LogP contribution in [-0.2, 0) is 9.53 Å². The number of methoxy groups -OCH3 is 1. The van der Waals surface area contributed by atoms with Gasteiger partial charge >= 0.3 is 5.97 Å². The van der Waals surface area contributed by atoms with Gasteiger partial charge in [-0.25, -0.2) is 9.78 Å². The lowest BCUT2D eigenvalue weighted by molar-refractivity contribution is -0.134. The van der Waals surface area contributed by atoms with Gasteiger partial charge in [0.2, 0.25) is 5.95 Å². The Kier molecular flexibility index (Phi) is 3.34. The van der Waals surface area contributed by atoms with Gasteiger partial charge in [0.25, 0.3) is 0 Å². The number of carbonyl (C=O) groups is 1. The van der Waals surface area contributed by atoms with E-state index in [2.05, 4.69) is 9.72 Å². The molecular weight excluding hydrogens is 185 g/mol. The van der Waals surface area contributed by atoms with Crippen molar-refractivity contribution in [3.63, 3.8) is 0 Å². The molecule has 0 aliphatic carbocycles. The molecule has 0 saturated carbocycles. The molecule has 0 bridgehead atoms. The molecule has 0 atom stereocenters. The number of nitrogens with zero attached hydrogens (tertiary/aromatic N) is 1. The molecule has 1 heterocycles. The van der Waals surface area contributed by atoms with Crippen LogP contribution < -0.4 is 0 Å². The minimum atomic E-state index is -0.530. The van der Waals surface area contributed by atoms with Gasteiger partial charge in [-0.3, -0.25) is 0 Å². The van der Waals surface area contributed by atoms with Crippen LogP contribution in [0.4, 0.5) is 4.39 Å². The van der Waals surface area contributed by atoms with Crippen molar-refractivity contribution in [3.8, 4) is 0 Å². The summed E-state index contributed by atoms with van der Waals surface area (Å²) in [6.45, 7) is 1.67. The lowest BCUT2D eigenvalue weighted by Gasteiger charge is -1.98. The number of esters is 1. The Morgan fingerprint density at radius 3 is 2.86 bits per heavy atom. The summed E-state index contributed by atoms with van der Waals surface area (Å²) < 4.78 is 17.0. The summed E-state index contributed by atoms with van der Waals surface area (Å²) in [5.41, 5.74) is 1.22. The highest BCUT2D eigenvalue weighted by atomic mass is 19.1. The third-order valence-corrected chi connectivity index (χ3v) is 1.69. The molecule has 0 N–H and O–H groups in total. The number of rotatable bonds is 2. The largest absolute Gasteiger partial charge is 0.466 e. The summed E-state index contributed by atoms with van der Waals surface area (Å²) in [7, 11) is 1.29. The molecule has 1 rings (SSSR count). The number of hydrogen-bond acceptors (Lipinski definition) is 3. The number of halogens is 1. The Morgan fingerprint density at radius 2 is 2.29 bits per heavy atom. The van der Waals surface area contributed by atoms with E-state index in [1.165, 1.54) is 25.3 Å². The topological polar surface area (TPSA) is 39.2 Å². The van der Waals surface area contributed by atoms with Crippen molar-refractivity contribution in [3.05, 3.63) is 35.4 Å². The van der Waals surface area contributed by atoms with E-state index < -0.39 is 11.9 Å². The zero-order chi connectivity index (χ0) is 10.6. The summed E-state index contributed by atoms with van der Waals surface area (Å²) in [5, 5.41) is 0. The number of pyridine rings is 1. The van der Waals surface area contributed by atoms with Crippen LogP contribution in [-0.4, -0.2) is 18.1 Å². The van der Waals surface area contributed by atoms with Crippen molar-refractivity contribution >= 4 is 12.0 Å². The summed E-state index contributed by atoms with van der Waals surface area (Å²) in [6, 6.07) is 2.79. The normalized spacial score (nSPS) is 10.5. The number of aryl methyl sites for hydroxylation is 1. The van der Waals surface area contributed by atoms with E-state index in [4.69, 9.17) is 0 Å². The van der Waals surface area contributed by atoms with E-state index in [1.54, 1.807) is 13.0 Å². The Hall–Kier alpha value is -1.71. The van der Waals surface area contributed by atoms with Crippen molar-refractivity contribution < 1.29 is 13.9 Å². The lowest BCUT2D eigenvalue weighted by atomic mass is 10.2. The zero-order valence-corrected chi connectivity index (χ0v) is 7.95. The summed E-state index contributed by atoms with van der Waals surface area (Å²) in [6.07, 6.45) is 2.80. The Bertz CT molecular complexity index is 374. The molecule has 0 fully saturated rings. The molecule has 0 aliphatic heterocycles. The van der Waals surface area contributed by atoms with Gasteiger partial charge in [0, 0.05) is 11.8 Å². The predicted molar refractivity (Wildman–Crippen MR) is 50.0 cm³/mol. The zero-order valence-electron chi connectivity index (χ0n) is 7.95. The smallest absolute Gasteiger partial charge is 0.330 e. The first-order chi connectivity index (χ1) is 6.63. The van der Waals surface area contributed by atoms with Crippen molar-refractivity contribution in [2.24, 2.45) is 0 Å². The van der Waals surface area contributed by atoms with Gasteiger partial charge in [-0.1, -0.05) is 0 Å². The fraction of sp³-hybridized carbons (Fsp3) is 0.200. The van der Waals surface area contributed by atoms with E-state index in [0.717, 1.165) is 0 Å². The first kappa shape index (κ1) is 10.4. The van der Waals surface area contributed by atoms with E-state index in [0.29, 0.717) is 11.3 Å². The first-order valence-electron chi connectivity index (χ1n) is 4.02. The summed E-state index contributed by atoms with van der Waals surface area (Å²) in [4.78, 5) is 14.4. The van der Waals surface area contributed by atoms with E-state index >= 15 is 0 Å². The second kappa shape index (κ2) is 4.50. The molecule has 0 spiro atoms. The van der Waals surface area contributed by atoms with Crippen molar-refractivity contribution in [2.45, 2.75) is 6.92 Å². The Balaban J connectivity index is 2.87. The van der Waals surface area contributed by atoms with Crippen LogP contribution in [0.25, 0.3) is 6.08 Å².